The Kier molecular flexibility index (Phi) is 13.2. The van der Waals surface area contributed by atoms with Crippen LogP contribution in [0.5, 0.6) is 11.5 Å². The molecule has 1 saturated heterocycles. The molecule has 63 heavy (non-hydrogen) atoms. The Labute approximate surface area is 367 Å². The molecule has 2 aromatic carbocycles. The summed E-state index contributed by atoms with van der Waals surface area (Å²) in [6, 6.07) is 12.2. The molecule has 3 heterocycles. The quantitative estimate of drug-likeness (QED) is 0.0729. The fourth-order valence-electron chi connectivity index (χ4n) is 9.76. The zero-order valence-electron chi connectivity index (χ0n) is 35.8. The molecule has 16 heteroatoms. The molecule has 0 bridgehead atoms. The van der Waals surface area contributed by atoms with Gasteiger partial charge in [-0.25, -0.2) is 26.9 Å². The summed E-state index contributed by atoms with van der Waals surface area (Å²) in [7, 11) is -4.57. The minimum atomic E-state index is -4.57. The fraction of sp³-hybridized carbons (Fsp3) is 0.489. The van der Waals surface area contributed by atoms with Gasteiger partial charge in [-0.05, 0) is 111 Å². The number of nitro groups is 1. The Balaban J connectivity index is 0.983. The second-order valence-electron chi connectivity index (χ2n) is 18.2. The number of benzene rings is 2. The van der Waals surface area contributed by atoms with E-state index in [0.717, 1.165) is 87.3 Å². The van der Waals surface area contributed by atoms with Crippen LogP contribution in [0.3, 0.4) is 0 Å². The molecule has 1 spiro atoms. The Bertz CT molecular complexity index is 2490. The van der Waals surface area contributed by atoms with Gasteiger partial charge in [0.2, 0.25) is 6.43 Å². The summed E-state index contributed by atoms with van der Waals surface area (Å²) in [6.07, 6.45) is 11.9. The third-order valence-electron chi connectivity index (χ3n) is 13.8. The van der Waals surface area contributed by atoms with E-state index in [0.29, 0.717) is 54.7 Å². The van der Waals surface area contributed by atoms with E-state index in [9.17, 15) is 32.1 Å². The smallest absolute Gasteiger partial charge is 0.293 e. The lowest BCUT2D eigenvalue weighted by Crippen LogP contribution is -2.47. The number of nitro benzene ring substituents is 1. The molecule has 336 valence electrons. The number of piperazine rings is 1. The van der Waals surface area contributed by atoms with Gasteiger partial charge in [0.25, 0.3) is 21.6 Å². The number of hydrogen-bond acceptors (Lipinski definition) is 10. The Morgan fingerprint density at radius 2 is 1.84 bits per heavy atom. The minimum Gasteiger partial charge on any atom is -0.455 e. The van der Waals surface area contributed by atoms with Gasteiger partial charge in [0, 0.05) is 75.1 Å². The number of anilines is 2. The number of allylic oxidation sites excluding steroid dienone is 2. The number of fused-ring (bicyclic) bond motifs is 1. The summed E-state index contributed by atoms with van der Waals surface area (Å²) in [6.45, 7) is 10.6. The van der Waals surface area contributed by atoms with Crippen molar-refractivity contribution in [1.29, 1.82) is 0 Å². The van der Waals surface area contributed by atoms with Crippen LogP contribution in [0.15, 0.2) is 89.1 Å². The molecule has 4 aromatic rings. The zero-order chi connectivity index (χ0) is 44.3. The first-order chi connectivity index (χ1) is 30.2. The van der Waals surface area contributed by atoms with Crippen molar-refractivity contribution in [3.8, 4) is 11.5 Å². The van der Waals surface area contributed by atoms with Gasteiger partial charge in [-0.3, -0.25) is 19.8 Å². The first kappa shape index (κ1) is 44.3. The van der Waals surface area contributed by atoms with Crippen molar-refractivity contribution in [3.63, 3.8) is 0 Å². The number of carbonyl (C=O) groups is 1. The van der Waals surface area contributed by atoms with Crippen LogP contribution in [-0.4, -0.2) is 79.8 Å². The monoisotopic (exact) mass is 885 g/mol. The third kappa shape index (κ3) is 10.4. The van der Waals surface area contributed by atoms with E-state index >= 15 is 0 Å². The van der Waals surface area contributed by atoms with E-state index in [4.69, 9.17) is 4.74 Å². The highest BCUT2D eigenvalue weighted by Crippen LogP contribution is 2.54. The van der Waals surface area contributed by atoms with Gasteiger partial charge in [-0.2, -0.15) is 0 Å². The molecule has 3 N–H and O–H groups in total. The van der Waals surface area contributed by atoms with Gasteiger partial charge in [-0.15, -0.1) is 0 Å². The zero-order valence-corrected chi connectivity index (χ0v) is 36.7. The van der Waals surface area contributed by atoms with Gasteiger partial charge in [0.15, 0.2) is 0 Å². The van der Waals surface area contributed by atoms with Crippen LogP contribution in [-0.2, 0) is 10.0 Å². The van der Waals surface area contributed by atoms with Crippen molar-refractivity contribution in [3.05, 3.63) is 99.9 Å². The summed E-state index contributed by atoms with van der Waals surface area (Å²) in [5.74, 6) is 0.499. The topological polar surface area (TPSA) is 163 Å². The number of nitrogens with zero attached hydrogens (tertiary/aromatic N) is 4. The number of aromatic nitrogens is 2. The molecule has 0 unspecified atom stereocenters. The molecule has 1 aliphatic heterocycles. The average Bonchev–Trinajstić information content (AvgIpc) is 3.73. The fourth-order valence-corrected chi connectivity index (χ4v) is 10.7. The molecule has 1 amide bonds. The van der Waals surface area contributed by atoms with Crippen molar-refractivity contribution in [2.24, 2.45) is 17.3 Å². The summed E-state index contributed by atoms with van der Waals surface area (Å²) in [4.78, 5) is 37.0. The number of halogens is 2. The predicted octanol–water partition coefficient (Wildman–Crippen LogP) is 9.99. The predicted molar refractivity (Wildman–Crippen MR) is 240 cm³/mol. The highest BCUT2D eigenvalue weighted by Gasteiger charge is 2.41. The number of rotatable bonds is 16. The number of hydrogen-bond donors (Lipinski definition) is 3. The Hall–Kier alpha value is -5.35. The maximum Gasteiger partial charge on any atom is 0.293 e. The molecule has 2 aromatic heterocycles. The van der Waals surface area contributed by atoms with Gasteiger partial charge in [0.1, 0.15) is 22.8 Å². The van der Waals surface area contributed by atoms with E-state index < -0.39 is 37.9 Å². The standard InChI is InChI=1S/C47H57F2N7O6S/c1-31-4-7-33(8-5-31)28-51-41-12-10-38(26-42(41)56(58)59)63(60,61)53-46(57)39-11-9-36(25-43(39)62-37-24-34-15-19-50-45(34)52-29-37)55-22-20-54(21-23-55)30-35-14-18-47(16-3-17-47)27-40(35)32(2)6-13-44(48)49/h9-12,15,19,24-26,29,31,33,44,51H,2-8,13-14,16-18,20-23,27-28,30H2,1H3,(H,50,52)(H,53,57)/t31-,33+. The lowest BCUT2D eigenvalue weighted by atomic mass is 9.59. The van der Waals surface area contributed by atoms with Crippen LogP contribution in [0.4, 0.5) is 25.8 Å². The number of sulfonamides is 1. The van der Waals surface area contributed by atoms with Crippen LogP contribution in [0.25, 0.3) is 11.0 Å². The van der Waals surface area contributed by atoms with Crippen molar-refractivity contribution < 1.29 is 31.7 Å². The van der Waals surface area contributed by atoms with E-state index in [2.05, 4.69) is 43.3 Å². The van der Waals surface area contributed by atoms with Crippen molar-refractivity contribution in [2.75, 3.05) is 49.5 Å². The SMILES string of the molecule is C=C(CCC(F)F)C1=C(CN2CCN(c3ccc(C(=O)NS(=O)(=O)c4ccc(NC[C@H]5CC[C@@H](C)CC5)c([N+](=O)[O-])c4)c(Oc4cnc5[nH]ccc5c4)c3)CC2)CCC2(CCC2)C1. The highest BCUT2D eigenvalue weighted by atomic mass is 32.2. The number of nitrogens with one attached hydrogen (secondary N) is 3. The van der Waals surface area contributed by atoms with Crippen molar-refractivity contribution in [1.82, 2.24) is 19.6 Å². The summed E-state index contributed by atoms with van der Waals surface area (Å²) in [5, 5.41) is 16.1. The van der Waals surface area contributed by atoms with Crippen LogP contribution < -0.4 is 19.7 Å². The van der Waals surface area contributed by atoms with E-state index in [1.165, 1.54) is 54.8 Å². The molecular weight excluding hydrogens is 829 g/mol. The Morgan fingerprint density at radius 1 is 1.06 bits per heavy atom. The minimum absolute atomic E-state index is 0.0576. The molecular formula is C47H57F2N7O6S. The lowest BCUT2D eigenvalue weighted by molar-refractivity contribution is -0.384. The van der Waals surface area contributed by atoms with Crippen molar-refractivity contribution in [2.45, 2.75) is 95.3 Å². The number of aromatic amines is 1. The summed E-state index contributed by atoms with van der Waals surface area (Å²) in [5.41, 5.74) is 4.87. The molecule has 0 radical (unpaired) electrons. The number of carbonyl (C=O) groups excluding carboxylic acids is 1. The van der Waals surface area contributed by atoms with Gasteiger partial charge in [-0.1, -0.05) is 43.9 Å². The molecule has 3 aliphatic carbocycles. The Morgan fingerprint density at radius 3 is 2.56 bits per heavy atom. The second kappa shape index (κ2) is 18.8. The summed E-state index contributed by atoms with van der Waals surface area (Å²) >= 11 is 0. The van der Waals surface area contributed by atoms with Gasteiger partial charge in [0.05, 0.1) is 21.6 Å². The van der Waals surface area contributed by atoms with Gasteiger partial charge < -0.3 is 19.9 Å². The maximum atomic E-state index is 13.9. The number of pyridine rings is 1. The first-order valence-corrected chi connectivity index (χ1v) is 23.7. The number of amides is 1. The van der Waals surface area contributed by atoms with Crippen LogP contribution in [0, 0.1) is 27.4 Å². The van der Waals surface area contributed by atoms with E-state index in [1.807, 2.05) is 6.07 Å². The van der Waals surface area contributed by atoms with E-state index in [-0.39, 0.29) is 23.4 Å². The summed E-state index contributed by atoms with van der Waals surface area (Å²) < 4.78 is 62.2. The number of H-pyrrole nitrogens is 1. The molecule has 8 rings (SSSR count). The maximum absolute atomic E-state index is 13.9. The van der Waals surface area contributed by atoms with Gasteiger partial charge >= 0.3 is 0 Å². The molecule has 0 atom stereocenters. The largest absolute Gasteiger partial charge is 0.455 e. The lowest BCUT2D eigenvalue weighted by Gasteiger charge is -2.47. The highest BCUT2D eigenvalue weighted by molar-refractivity contribution is 7.90. The third-order valence-corrected chi connectivity index (χ3v) is 15.2. The van der Waals surface area contributed by atoms with Crippen LogP contribution in [0.2, 0.25) is 0 Å². The molecule has 4 aliphatic rings. The molecule has 13 nitrogen and oxygen atoms in total. The van der Waals surface area contributed by atoms with Crippen LogP contribution in [0.1, 0.15) is 94.3 Å². The normalized spacial score (nSPS) is 20.5. The molecule has 3 fully saturated rings. The average molecular weight is 886 g/mol. The van der Waals surface area contributed by atoms with E-state index in [1.54, 1.807) is 24.4 Å². The van der Waals surface area contributed by atoms with Crippen molar-refractivity contribution >= 4 is 44.0 Å². The second-order valence-corrected chi connectivity index (χ2v) is 19.8. The first-order valence-electron chi connectivity index (χ1n) is 22.2. The number of ether oxygens (including phenoxy) is 1. The number of alkyl halides is 2. The van der Waals surface area contributed by atoms with Crippen LogP contribution >= 0.6 is 0 Å². The molecule has 2 saturated carbocycles.